The summed E-state index contributed by atoms with van der Waals surface area (Å²) in [6, 6.07) is 57.0. The molecule has 236 valence electrons. The second-order valence-electron chi connectivity index (χ2n) is 13.8. The fourth-order valence-corrected chi connectivity index (χ4v) is 8.20. The first-order valence-corrected chi connectivity index (χ1v) is 17.7. The van der Waals surface area contributed by atoms with Crippen molar-refractivity contribution >= 4 is 70.5 Å². The Balaban J connectivity index is 1.18. The van der Waals surface area contributed by atoms with Gasteiger partial charge in [-0.15, -0.1) is 11.3 Å². The van der Waals surface area contributed by atoms with Gasteiger partial charge in [-0.3, -0.25) is 0 Å². The zero-order valence-corrected chi connectivity index (χ0v) is 28.6. The molecule has 0 saturated heterocycles. The lowest BCUT2D eigenvalue weighted by atomic mass is 9.87. The smallest absolute Gasteiger partial charge is 0.135 e. The molecule has 2 nitrogen and oxygen atoms in total. The van der Waals surface area contributed by atoms with Gasteiger partial charge in [0, 0.05) is 42.3 Å². The number of hydrogen-bond donors (Lipinski definition) is 0. The molecule has 0 aliphatic carbocycles. The molecule has 2 aromatic heterocycles. The lowest BCUT2D eigenvalue weighted by molar-refractivity contribution is 0.591. The molecule has 0 amide bonds. The Morgan fingerprint density at radius 2 is 1.10 bits per heavy atom. The number of fused-ring (bicyclic) bond motifs is 6. The number of anilines is 3. The molecule has 0 fully saturated rings. The van der Waals surface area contributed by atoms with Crippen molar-refractivity contribution in [1.82, 2.24) is 0 Å². The van der Waals surface area contributed by atoms with Crippen molar-refractivity contribution in [3.8, 4) is 22.3 Å². The van der Waals surface area contributed by atoms with Crippen LogP contribution in [0.2, 0.25) is 0 Å². The Labute approximate surface area is 290 Å². The summed E-state index contributed by atoms with van der Waals surface area (Å²) in [4.78, 5) is 2.41. The van der Waals surface area contributed by atoms with Crippen LogP contribution in [-0.4, -0.2) is 0 Å². The van der Waals surface area contributed by atoms with Crippen molar-refractivity contribution in [3.63, 3.8) is 0 Å². The van der Waals surface area contributed by atoms with E-state index in [9.17, 15) is 0 Å². The second kappa shape index (κ2) is 11.5. The second-order valence-corrected chi connectivity index (χ2v) is 14.9. The molecule has 2 heterocycles. The maximum absolute atomic E-state index is 6.10. The highest BCUT2D eigenvalue weighted by atomic mass is 32.1. The van der Waals surface area contributed by atoms with Gasteiger partial charge in [-0.25, -0.2) is 0 Å². The van der Waals surface area contributed by atoms with Gasteiger partial charge in [0.2, 0.25) is 0 Å². The summed E-state index contributed by atoms with van der Waals surface area (Å²) < 4.78 is 8.72. The van der Waals surface area contributed by atoms with Crippen molar-refractivity contribution in [2.24, 2.45) is 0 Å². The molecule has 0 unspecified atom stereocenters. The molecule has 7 aromatic carbocycles. The number of hydrogen-bond acceptors (Lipinski definition) is 3. The van der Waals surface area contributed by atoms with Crippen LogP contribution >= 0.6 is 11.3 Å². The van der Waals surface area contributed by atoms with Crippen LogP contribution in [-0.2, 0) is 5.41 Å². The monoisotopic (exact) mass is 649 g/mol. The highest BCUT2D eigenvalue weighted by molar-refractivity contribution is 7.26. The molecular weight excluding hydrogens is 615 g/mol. The third-order valence-electron chi connectivity index (χ3n) is 9.65. The predicted molar refractivity (Wildman–Crippen MR) is 211 cm³/mol. The number of thiophene rings is 1. The molecule has 49 heavy (non-hydrogen) atoms. The van der Waals surface area contributed by atoms with Crippen LogP contribution in [0, 0.1) is 0 Å². The quantitative estimate of drug-likeness (QED) is 0.184. The predicted octanol–water partition coefficient (Wildman–Crippen LogP) is 14.1. The van der Waals surface area contributed by atoms with E-state index < -0.39 is 0 Å². The van der Waals surface area contributed by atoms with Crippen LogP contribution in [0.25, 0.3) is 64.4 Å². The summed E-state index contributed by atoms with van der Waals surface area (Å²) in [6.07, 6.45) is 0. The van der Waals surface area contributed by atoms with Gasteiger partial charge >= 0.3 is 0 Å². The van der Waals surface area contributed by atoms with Gasteiger partial charge < -0.3 is 9.32 Å². The summed E-state index contributed by atoms with van der Waals surface area (Å²) in [5.41, 5.74) is 11.5. The minimum absolute atomic E-state index is 0.0940. The zero-order valence-electron chi connectivity index (χ0n) is 27.8. The van der Waals surface area contributed by atoms with Gasteiger partial charge in [-0.2, -0.15) is 0 Å². The fourth-order valence-electron chi connectivity index (χ4n) is 7.03. The Hall–Kier alpha value is -5.64. The highest BCUT2D eigenvalue weighted by Crippen LogP contribution is 2.46. The van der Waals surface area contributed by atoms with Gasteiger partial charge in [0.05, 0.1) is 5.69 Å². The van der Waals surface area contributed by atoms with E-state index in [2.05, 4.69) is 171 Å². The van der Waals surface area contributed by atoms with E-state index >= 15 is 0 Å². The summed E-state index contributed by atoms with van der Waals surface area (Å²) in [6.45, 7) is 6.85. The normalized spacial score (nSPS) is 12.0. The van der Waals surface area contributed by atoms with Crippen LogP contribution in [0.5, 0.6) is 0 Å². The van der Waals surface area contributed by atoms with Crippen LogP contribution in [0.4, 0.5) is 17.1 Å². The van der Waals surface area contributed by atoms with Gasteiger partial charge in [0.1, 0.15) is 11.2 Å². The highest BCUT2D eigenvalue weighted by Gasteiger charge is 2.21. The lowest BCUT2D eigenvalue weighted by Gasteiger charge is -2.27. The molecule has 0 bridgehead atoms. The van der Waals surface area contributed by atoms with Gasteiger partial charge in [0.25, 0.3) is 0 Å². The van der Waals surface area contributed by atoms with Crippen molar-refractivity contribution in [2.45, 2.75) is 26.2 Å². The average molecular weight is 650 g/mol. The summed E-state index contributed by atoms with van der Waals surface area (Å²) in [5, 5.41) is 4.87. The molecule has 9 aromatic rings. The first-order valence-electron chi connectivity index (χ1n) is 16.8. The molecule has 0 aliphatic heterocycles. The number of furan rings is 1. The summed E-state index contributed by atoms with van der Waals surface area (Å²) in [7, 11) is 0. The first kappa shape index (κ1) is 29.5. The zero-order chi connectivity index (χ0) is 33.1. The molecule has 0 saturated carbocycles. The van der Waals surface area contributed by atoms with Crippen LogP contribution < -0.4 is 4.90 Å². The minimum Gasteiger partial charge on any atom is -0.456 e. The van der Waals surface area contributed by atoms with E-state index in [1.165, 1.54) is 53.7 Å². The van der Waals surface area contributed by atoms with Crippen molar-refractivity contribution in [3.05, 3.63) is 163 Å². The number of para-hydroxylation sites is 1. The Kier molecular flexibility index (Phi) is 6.93. The summed E-state index contributed by atoms with van der Waals surface area (Å²) >= 11 is 1.88. The van der Waals surface area contributed by atoms with E-state index in [1.54, 1.807) is 0 Å². The third-order valence-corrected chi connectivity index (χ3v) is 10.8. The summed E-state index contributed by atoms with van der Waals surface area (Å²) in [5.74, 6) is 0. The molecular formula is C46H35NOS. The van der Waals surface area contributed by atoms with E-state index in [0.29, 0.717) is 0 Å². The Bertz CT molecular complexity index is 2620. The van der Waals surface area contributed by atoms with Gasteiger partial charge in [0.15, 0.2) is 0 Å². The lowest BCUT2D eigenvalue weighted by Crippen LogP contribution is -2.10. The van der Waals surface area contributed by atoms with E-state index in [-0.39, 0.29) is 5.41 Å². The van der Waals surface area contributed by atoms with Crippen molar-refractivity contribution in [1.29, 1.82) is 0 Å². The van der Waals surface area contributed by atoms with E-state index in [0.717, 1.165) is 33.3 Å². The van der Waals surface area contributed by atoms with Crippen molar-refractivity contribution in [2.75, 3.05) is 4.90 Å². The topological polar surface area (TPSA) is 16.4 Å². The molecule has 9 rings (SSSR count). The van der Waals surface area contributed by atoms with Crippen LogP contribution in [0.15, 0.2) is 162 Å². The van der Waals surface area contributed by atoms with Crippen molar-refractivity contribution < 1.29 is 4.42 Å². The van der Waals surface area contributed by atoms with Gasteiger partial charge in [-0.1, -0.05) is 118 Å². The molecule has 0 radical (unpaired) electrons. The Morgan fingerprint density at radius 3 is 1.84 bits per heavy atom. The third kappa shape index (κ3) is 5.18. The van der Waals surface area contributed by atoms with Crippen LogP contribution in [0.3, 0.4) is 0 Å². The van der Waals surface area contributed by atoms with Gasteiger partial charge in [-0.05, 0) is 93.9 Å². The molecule has 0 N–H and O–H groups in total. The van der Waals surface area contributed by atoms with Crippen LogP contribution in [0.1, 0.15) is 26.3 Å². The largest absolute Gasteiger partial charge is 0.456 e. The average Bonchev–Trinajstić information content (AvgIpc) is 3.70. The standard InChI is InChI=1S/C46H35NOS/c1-46(2,3)34-21-26-38-44(29-34)49-43-15-9-13-40(45(38)43)47(35-22-16-31(17-23-35)30-10-5-4-6-11-30)36-24-18-32(19-25-36)33-20-27-42-39(28-33)37-12-7-8-14-41(37)48-42/h4-29H,1-3H3. The number of nitrogens with zero attached hydrogens (tertiary/aromatic N) is 1. The molecule has 3 heteroatoms. The number of rotatable bonds is 5. The maximum Gasteiger partial charge on any atom is 0.135 e. The minimum atomic E-state index is 0.0940. The molecule has 0 spiro atoms. The maximum atomic E-state index is 6.10. The molecule has 0 aliphatic rings. The Morgan fingerprint density at radius 1 is 0.469 bits per heavy atom. The van der Waals surface area contributed by atoms with E-state index in [1.807, 2.05) is 23.5 Å². The number of benzene rings is 7. The SMILES string of the molecule is CC(C)(C)c1ccc2c(c1)sc1cccc(N(c3ccc(-c4ccccc4)cc3)c3ccc(-c4ccc5oc6ccccc6c5c4)cc3)c12. The molecule has 0 atom stereocenters. The fraction of sp³-hybridized carbons (Fsp3) is 0.0870. The first-order chi connectivity index (χ1) is 23.9. The van der Waals surface area contributed by atoms with E-state index in [4.69, 9.17) is 4.42 Å².